The van der Waals surface area contributed by atoms with E-state index >= 15 is 0 Å². The lowest BCUT2D eigenvalue weighted by Crippen LogP contribution is -2.14. The van der Waals surface area contributed by atoms with E-state index in [2.05, 4.69) is 15.3 Å². The minimum absolute atomic E-state index is 0.349. The smallest absolute Gasteiger partial charge is 0.208 e. The van der Waals surface area contributed by atoms with Crippen LogP contribution in [0.25, 0.3) is 0 Å². The molecule has 7 heteroatoms. The number of nitrogens with zero attached hydrogens (tertiary/aromatic N) is 3. The van der Waals surface area contributed by atoms with Gasteiger partial charge in [-0.2, -0.15) is 21.1 Å². The van der Waals surface area contributed by atoms with Crippen LogP contribution >= 0.6 is 33.8 Å². The molecule has 0 saturated carbocycles. The standard InChI is InChI=1S/C8H9ClN4S2/c9-7-12-3-6(14-7)4-15-2-1-11-8(15)13-5-10/h3,15H,1-2,4H2,(H,11,13). The summed E-state index contributed by atoms with van der Waals surface area (Å²) in [5, 5.41) is 12.5. The lowest BCUT2D eigenvalue weighted by atomic mass is 10.6. The molecule has 0 aliphatic carbocycles. The Kier molecular flexibility index (Phi) is 3.46. The van der Waals surface area contributed by atoms with E-state index in [1.54, 1.807) is 6.20 Å². The lowest BCUT2D eigenvalue weighted by Gasteiger charge is -2.11. The van der Waals surface area contributed by atoms with Gasteiger partial charge >= 0.3 is 0 Å². The van der Waals surface area contributed by atoms with Crippen LogP contribution in [0.2, 0.25) is 4.47 Å². The van der Waals surface area contributed by atoms with E-state index in [9.17, 15) is 0 Å². The van der Waals surface area contributed by atoms with Crippen molar-refractivity contribution in [3.05, 3.63) is 15.5 Å². The fraction of sp³-hybridized carbons (Fsp3) is 0.375. The summed E-state index contributed by atoms with van der Waals surface area (Å²) < 4.78 is 0.575. The third-order valence-electron chi connectivity index (χ3n) is 1.99. The molecule has 0 amide bonds. The highest BCUT2D eigenvalue weighted by molar-refractivity contribution is 8.29. The lowest BCUT2D eigenvalue weighted by molar-refractivity contribution is 1.02. The van der Waals surface area contributed by atoms with E-state index in [1.165, 1.54) is 16.2 Å². The number of nitrogens with one attached hydrogen (secondary N) is 1. The van der Waals surface area contributed by atoms with E-state index < -0.39 is 0 Å². The Hall–Kier alpha value is -0.770. The summed E-state index contributed by atoms with van der Waals surface area (Å²) >= 11 is 7.26. The Balaban J connectivity index is 2.06. The molecule has 4 nitrogen and oxygen atoms in total. The number of halogens is 1. The second-order valence-corrected chi connectivity index (χ2v) is 6.93. The average molecular weight is 261 g/mol. The van der Waals surface area contributed by atoms with Crippen molar-refractivity contribution < 1.29 is 0 Å². The highest BCUT2D eigenvalue weighted by atomic mass is 35.5. The van der Waals surface area contributed by atoms with Gasteiger partial charge in [0.05, 0.1) is 0 Å². The molecule has 0 radical (unpaired) electrons. The van der Waals surface area contributed by atoms with Crippen molar-refractivity contribution in [2.75, 3.05) is 12.3 Å². The minimum Gasteiger partial charge on any atom is -0.365 e. The van der Waals surface area contributed by atoms with E-state index in [4.69, 9.17) is 16.9 Å². The zero-order valence-corrected chi connectivity index (χ0v) is 10.2. The second kappa shape index (κ2) is 4.84. The molecule has 0 spiro atoms. The summed E-state index contributed by atoms with van der Waals surface area (Å²) in [6.45, 7) is 0.915. The van der Waals surface area contributed by atoms with Gasteiger partial charge in [-0.15, -0.1) is 11.3 Å². The predicted molar refractivity (Wildman–Crippen MR) is 65.7 cm³/mol. The molecular weight excluding hydrogens is 252 g/mol. The minimum atomic E-state index is -0.349. The molecule has 1 aliphatic rings. The summed E-state index contributed by atoms with van der Waals surface area (Å²) in [4.78, 5) is 8.96. The predicted octanol–water partition coefficient (Wildman–Crippen LogP) is 1.74. The van der Waals surface area contributed by atoms with Crippen molar-refractivity contribution in [3.8, 4) is 6.19 Å². The number of hydrogen-bond donors (Lipinski definition) is 2. The topological polar surface area (TPSA) is 61.1 Å². The number of aromatic nitrogens is 1. The number of amidine groups is 1. The van der Waals surface area contributed by atoms with E-state index in [0.29, 0.717) is 4.47 Å². The van der Waals surface area contributed by atoms with Crippen LogP contribution in [-0.2, 0) is 5.75 Å². The van der Waals surface area contributed by atoms with Crippen LogP contribution in [0.5, 0.6) is 0 Å². The molecule has 1 aromatic rings. The summed E-state index contributed by atoms with van der Waals surface area (Å²) in [5.74, 6) is 2.00. The van der Waals surface area contributed by atoms with Crippen LogP contribution in [0.1, 0.15) is 4.88 Å². The molecule has 1 fully saturated rings. The first-order valence-electron chi connectivity index (χ1n) is 4.35. The van der Waals surface area contributed by atoms with Crippen molar-refractivity contribution in [1.82, 2.24) is 10.3 Å². The fourth-order valence-corrected chi connectivity index (χ4v) is 4.76. The van der Waals surface area contributed by atoms with E-state index in [0.717, 1.165) is 23.2 Å². The third kappa shape index (κ3) is 2.62. The second-order valence-electron chi connectivity index (χ2n) is 2.96. The highest BCUT2D eigenvalue weighted by Crippen LogP contribution is 2.36. The Morgan fingerprint density at radius 2 is 2.67 bits per heavy atom. The molecule has 2 rings (SSSR count). The van der Waals surface area contributed by atoms with Crippen LogP contribution in [0.3, 0.4) is 0 Å². The highest BCUT2D eigenvalue weighted by Gasteiger charge is 2.19. The zero-order valence-electron chi connectivity index (χ0n) is 7.77. The Morgan fingerprint density at radius 3 is 3.33 bits per heavy atom. The maximum atomic E-state index is 8.52. The van der Waals surface area contributed by atoms with Gasteiger partial charge in [0.15, 0.2) is 9.63 Å². The summed E-state index contributed by atoms with van der Waals surface area (Å²) in [5.41, 5.74) is 0. The molecule has 0 aromatic carbocycles. The normalized spacial score (nSPS) is 25.1. The first kappa shape index (κ1) is 10.7. The van der Waals surface area contributed by atoms with E-state index in [-0.39, 0.29) is 10.9 Å². The molecule has 1 atom stereocenters. The first-order valence-corrected chi connectivity index (χ1v) is 7.26. The van der Waals surface area contributed by atoms with Gasteiger partial charge in [-0.05, 0) is 5.75 Å². The number of aliphatic imine (C=N–C) groups is 1. The van der Waals surface area contributed by atoms with Gasteiger partial charge in [-0.3, -0.25) is 0 Å². The molecule has 1 saturated heterocycles. The molecule has 0 bridgehead atoms. The zero-order chi connectivity index (χ0) is 10.7. The van der Waals surface area contributed by atoms with Crippen LogP contribution in [0.4, 0.5) is 0 Å². The van der Waals surface area contributed by atoms with Gasteiger partial charge in [0.1, 0.15) is 0 Å². The summed E-state index contributed by atoms with van der Waals surface area (Å²) in [6, 6.07) is 0. The van der Waals surface area contributed by atoms with Gasteiger partial charge < -0.3 is 5.32 Å². The van der Waals surface area contributed by atoms with Crippen LogP contribution in [0.15, 0.2) is 11.2 Å². The maximum Gasteiger partial charge on any atom is 0.208 e. The quantitative estimate of drug-likeness (QED) is 0.629. The monoisotopic (exact) mass is 260 g/mol. The van der Waals surface area contributed by atoms with Crippen LogP contribution in [-0.4, -0.2) is 22.4 Å². The van der Waals surface area contributed by atoms with Crippen molar-refractivity contribution in [2.24, 2.45) is 4.99 Å². The van der Waals surface area contributed by atoms with Gasteiger partial charge in [0, 0.05) is 23.4 Å². The van der Waals surface area contributed by atoms with E-state index in [1.807, 2.05) is 6.19 Å². The fourth-order valence-electron chi connectivity index (χ4n) is 1.38. The SMILES string of the molecule is N#CN=C1NCC[SH]1Cc1cnc(Cl)s1. The summed E-state index contributed by atoms with van der Waals surface area (Å²) in [7, 11) is -0.349. The number of thiazole rings is 1. The van der Waals surface area contributed by atoms with Crippen molar-refractivity contribution in [2.45, 2.75) is 5.75 Å². The molecular formula is C8H9ClN4S2. The molecule has 1 aromatic heterocycles. The Labute approximate surface area is 99.3 Å². The summed E-state index contributed by atoms with van der Waals surface area (Å²) in [6.07, 6.45) is 3.64. The maximum absolute atomic E-state index is 8.52. The number of hydrogen-bond acceptors (Lipinski definition) is 4. The van der Waals surface area contributed by atoms with Crippen molar-refractivity contribution in [1.29, 1.82) is 5.26 Å². The van der Waals surface area contributed by atoms with Crippen molar-refractivity contribution >= 4 is 39.0 Å². The van der Waals surface area contributed by atoms with Crippen LogP contribution in [0, 0.1) is 11.5 Å². The Morgan fingerprint density at radius 1 is 1.80 bits per heavy atom. The van der Waals surface area contributed by atoms with Gasteiger partial charge in [0.25, 0.3) is 0 Å². The van der Waals surface area contributed by atoms with Gasteiger partial charge in [-0.1, -0.05) is 11.6 Å². The van der Waals surface area contributed by atoms with Crippen molar-refractivity contribution in [3.63, 3.8) is 0 Å². The number of rotatable bonds is 2. The molecule has 1 aliphatic heterocycles. The van der Waals surface area contributed by atoms with Gasteiger partial charge in [-0.25, -0.2) is 4.98 Å². The molecule has 1 unspecified atom stereocenters. The first-order chi connectivity index (χ1) is 7.29. The molecule has 15 heavy (non-hydrogen) atoms. The Bertz CT molecular complexity index is 423. The molecule has 1 N–H and O–H groups in total. The third-order valence-corrected chi connectivity index (χ3v) is 5.66. The average Bonchev–Trinajstić information content (AvgIpc) is 2.78. The largest absolute Gasteiger partial charge is 0.365 e. The molecule has 80 valence electrons. The number of nitriles is 1. The van der Waals surface area contributed by atoms with Gasteiger partial charge in [0.2, 0.25) is 6.19 Å². The number of thiol groups is 1. The van der Waals surface area contributed by atoms with Crippen LogP contribution < -0.4 is 5.32 Å². The molecule has 2 heterocycles.